The zero-order valence-corrected chi connectivity index (χ0v) is 11.5. The van der Waals surface area contributed by atoms with Crippen molar-refractivity contribution in [2.75, 3.05) is 13.7 Å². The predicted molar refractivity (Wildman–Crippen MR) is 72.2 cm³/mol. The van der Waals surface area contributed by atoms with E-state index in [4.69, 9.17) is 9.47 Å². The molecule has 0 N–H and O–H groups in total. The van der Waals surface area contributed by atoms with Gasteiger partial charge in [-0.1, -0.05) is 6.07 Å². The highest BCUT2D eigenvalue weighted by Crippen LogP contribution is 2.16. The molecule has 0 saturated heterocycles. The fourth-order valence-electron chi connectivity index (χ4n) is 1.65. The Bertz CT molecular complexity index is 455. The number of halogens is 1. The Hall–Kier alpha value is -1.68. The van der Waals surface area contributed by atoms with Gasteiger partial charge in [0.1, 0.15) is 5.82 Å². The van der Waals surface area contributed by atoms with E-state index in [2.05, 4.69) is 0 Å². The summed E-state index contributed by atoms with van der Waals surface area (Å²) in [6.45, 7) is 3.99. The van der Waals surface area contributed by atoms with Gasteiger partial charge < -0.3 is 9.47 Å². The van der Waals surface area contributed by atoms with Crippen molar-refractivity contribution in [2.45, 2.75) is 26.4 Å². The van der Waals surface area contributed by atoms with E-state index < -0.39 is 5.97 Å². The number of esters is 1. The Morgan fingerprint density at radius 2 is 2.21 bits per heavy atom. The van der Waals surface area contributed by atoms with Crippen LogP contribution in [0.3, 0.4) is 0 Å². The van der Waals surface area contributed by atoms with E-state index in [-0.39, 0.29) is 11.9 Å². The molecule has 0 bridgehead atoms. The van der Waals surface area contributed by atoms with Gasteiger partial charge in [-0.25, -0.2) is 9.18 Å². The maximum absolute atomic E-state index is 13.3. The molecule has 3 nitrogen and oxygen atoms in total. The lowest BCUT2D eigenvalue weighted by atomic mass is 10.0. The first kappa shape index (κ1) is 15.4. The van der Waals surface area contributed by atoms with E-state index >= 15 is 0 Å². The molecule has 1 rings (SSSR count). The van der Waals surface area contributed by atoms with Gasteiger partial charge in [0.05, 0.1) is 12.7 Å². The van der Waals surface area contributed by atoms with E-state index in [9.17, 15) is 9.18 Å². The predicted octanol–water partition coefficient (Wildman–Crippen LogP) is 2.98. The normalized spacial score (nSPS) is 12.6. The van der Waals surface area contributed by atoms with Gasteiger partial charge in [-0.05, 0) is 49.6 Å². The van der Waals surface area contributed by atoms with Crippen LogP contribution in [0.5, 0.6) is 0 Å². The third-order valence-corrected chi connectivity index (χ3v) is 2.70. The summed E-state index contributed by atoms with van der Waals surface area (Å²) < 4.78 is 23.2. The zero-order valence-electron chi connectivity index (χ0n) is 11.5. The van der Waals surface area contributed by atoms with Crippen molar-refractivity contribution in [3.63, 3.8) is 0 Å². The smallest absolute Gasteiger partial charge is 0.330 e. The molecule has 0 aliphatic carbocycles. The topological polar surface area (TPSA) is 35.5 Å². The molecule has 4 heteroatoms. The Kier molecular flexibility index (Phi) is 6.22. The van der Waals surface area contributed by atoms with Crippen molar-refractivity contribution in [3.8, 4) is 0 Å². The number of ether oxygens (including phenoxy) is 2. The third-order valence-electron chi connectivity index (χ3n) is 2.70. The first-order chi connectivity index (χ1) is 9.06. The minimum absolute atomic E-state index is 0.0280. The second-order valence-corrected chi connectivity index (χ2v) is 4.18. The molecular formula is C15H19FO3. The Balaban J connectivity index is 2.90. The van der Waals surface area contributed by atoms with Crippen LogP contribution in [0.15, 0.2) is 24.3 Å². The number of methoxy groups -OCH3 is 1. The minimum Gasteiger partial charge on any atom is -0.463 e. The van der Waals surface area contributed by atoms with Crippen molar-refractivity contribution < 1.29 is 18.7 Å². The number of carbonyl (C=O) groups is 1. The fraction of sp³-hybridized carbons (Fsp3) is 0.400. The molecule has 104 valence electrons. The highest BCUT2D eigenvalue weighted by Gasteiger charge is 2.07. The van der Waals surface area contributed by atoms with E-state index in [1.807, 2.05) is 6.92 Å². The first-order valence-corrected chi connectivity index (χ1v) is 6.22. The van der Waals surface area contributed by atoms with Crippen LogP contribution in [-0.2, 0) is 20.7 Å². The summed E-state index contributed by atoms with van der Waals surface area (Å²) in [6, 6.07) is 4.50. The van der Waals surface area contributed by atoms with Crippen LogP contribution in [0.4, 0.5) is 4.39 Å². The fourth-order valence-corrected chi connectivity index (χ4v) is 1.65. The Labute approximate surface area is 113 Å². The number of hydrogen-bond acceptors (Lipinski definition) is 3. The summed E-state index contributed by atoms with van der Waals surface area (Å²) in [7, 11) is 1.63. The molecule has 0 spiro atoms. The Morgan fingerprint density at radius 3 is 2.84 bits per heavy atom. The van der Waals surface area contributed by atoms with Crippen LogP contribution in [0.25, 0.3) is 6.08 Å². The highest BCUT2D eigenvalue weighted by molar-refractivity contribution is 5.87. The monoisotopic (exact) mass is 266 g/mol. The second kappa shape index (κ2) is 7.69. The van der Waals surface area contributed by atoms with Crippen LogP contribution in [0.1, 0.15) is 25.0 Å². The highest BCUT2D eigenvalue weighted by atomic mass is 19.1. The molecule has 1 aromatic carbocycles. The van der Waals surface area contributed by atoms with E-state index in [0.717, 1.165) is 5.56 Å². The molecule has 0 amide bonds. The van der Waals surface area contributed by atoms with Crippen molar-refractivity contribution in [3.05, 3.63) is 41.2 Å². The minimum atomic E-state index is -0.433. The molecule has 0 radical (unpaired) electrons. The summed E-state index contributed by atoms with van der Waals surface area (Å²) in [5.41, 5.74) is 1.59. The van der Waals surface area contributed by atoms with Gasteiger partial charge >= 0.3 is 5.97 Å². The van der Waals surface area contributed by atoms with Crippen LogP contribution < -0.4 is 0 Å². The number of hydrogen-bond donors (Lipinski definition) is 0. The molecule has 0 aromatic heterocycles. The lowest BCUT2D eigenvalue weighted by Gasteiger charge is -2.11. The van der Waals surface area contributed by atoms with Crippen molar-refractivity contribution in [1.29, 1.82) is 0 Å². The molecule has 0 saturated carbocycles. The van der Waals surface area contributed by atoms with Crippen molar-refractivity contribution in [2.24, 2.45) is 0 Å². The lowest BCUT2D eigenvalue weighted by molar-refractivity contribution is -0.137. The molecule has 1 aromatic rings. The van der Waals surface area contributed by atoms with E-state index in [1.165, 1.54) is 18.2 Å². The summed E-state index contributed by atoms with van der Waals surface area (Å²) in [4.78, 5) is 11.3. The van der Waals surface area contributed by atoms with Gasteiger partial charge in [-0.3, -0.25) is 0 Å². The van der Waals surface area contributed by atoms with Gasteiger partial charge in [-0.2, -0.15) is 0 Å². The number of benzene rings is 1. The van der Waals surface area contributed by atoms with E-state index in [1.54, 1.807) is 26.2 Å². The molecule has 0 aliphatic rings. The summed E-state index contributed by atoms with van der Waals surface area (Å²) in [5.74, 6) is -0.769. The largest absolute Gasteiger partial charge is 0.463 e. The van der Waals surface area contributed by atoms with Gasteiger partial charge in [0.15, 0.2) is 0 Å². The standard InChI is InChI=1S/C15H19FO3/c1-4-19-15(17)8-6-13-10-14(16)7-5-12(13)9-11(2)18-3/h5-8,10-11H,4,9H2,1-3H3/b8-6+. The molecule has 19 heavy (non-hydrogen) atoms. The maximum atomic E-state index is 13.3. The van der Waals surface area contributed by atoms with Crippen LogP contribution >= 0.6 is 0 Å². The molecular weight excluding hydrogens is 247 g/mol. The van der Waals surface area contributed by atoms with Crippen molar-refractivity contribution in [1.82, 2.24) is 0 Å². The number of rotatable bonds is 6. The quantitative estimate of drug-likeness (QED) is 0.586. The molecule has 1 atom stereocenters. The maximum Gasteiger partial charge on any atom is 0.330 e. The Morgan fingerprint density at radius 1 is 1.47 bits per heavy atom. The molecule has 0 heterocycles. The van der Waals surface area contributed by atoms with Gasteiger partial charge in [-0.15, -0.1) is 0 Å². The molecule has 0 aliphatic heterocycles. The SMILES string of the molecule is CCOC(=O)/C=C/c1cc(F)ccc1CC(C)OC. The third kappa shape index (κ3) is 5.22. The zero-order chi connectivity index (χ0) is 14.3. The first-order valence-electron chi connectivity index (χ1n) is 6.22. The average Bonchev–Trinajstić information content (AvgIpc) is 2.39. The lowest BCUT2D eigenvalue weighted by Crippen LogP contribution is -2.09. The second-order valence-electron chi connectivity index (χ2n) is 4.18. The summed E-state index contributed by atoms with van der Waals surface area (Å²) in [5, 5.41) is 0. The average molecular weight is 266 g/mol. The van der Waals surface area contributed by atoms with Gasteiger partial charge in [0.2, 0.25) is 0 Å². The van der Waals surface area contributed by atoms with Crippen LogP contribution in [0, 0.1) is 5.82 Å². The number of carbonyl (C=O) groups excluding carboxylic acids is 1. The van der Waals surface area contributed by atoms with Gasteiger partial charge in [0.25, 0.3) is 0 Å². The van der Waals surface area contributed by atoms with Crippen molar-refractivity contribution >= 4 is 12.0 Å². The molecule has 1 unspecified atom stereocenters. The summed E-state index contributed by atoms with van der Waals surface area (Å²) in [6.07, 6.45) is 3.55. The van der Waals surface area contributed by atoms with Crippen LogP contribution in [0.2, 0.25) is 0 Å². The van der Waals surface area contributed by atoms with Gasteiger partial charge in [0, 0.05) is 13.2 Å². The van der Waals surface area contributed by atoms with E-state index in [0.29, 0.717) is 18.6 Å². The van der Waals surface area contributed by atoms with Crippen LogP contribution in [-0.4, -0.2) is 25.8 Å². The summed E-state index contributed by atoms with van der Waals surface area (Å²) >= 11 is 0. The molecule has 0 fully saturated rings.